The fourth-order valence-electron chi connectivity index (χ4n) is 5.07. The highest BCUT2D eigenvalue weighted by atomic mass is 16.5. The highest BCUT2D eigenvalue weighted by Crippen LogP contribution is 2.38. The normalized spacial score (nSPS) is 15.4. The molecular weight excluding hydrogens is 464 g/mol. The second kappa shape index (κ2) is 11.4. The van der Waals surface area contributed by atoms with Crippen molar-refractivity contribution in [2.24, 2.45) is 5.92 Å². The standard InChI is InChI=1S/C31H32N2O4/c1-2-36-29-19-25(12-13-28(29)37-21-22-8-4-3-5-9-22)30(33-16-14-23(15-17-33)31(34)35)26-18-24-10-6-7-11-27(24)32-20-26/h3-13,18-20,23,30H,2,14-17,21H2,1H3,(H,34,35). The Morgan fingerprint density at radius 2 is 1.70 bits per heavy atom. The zero-order chi connectivity index (χ0) is 25.6. The molecule has 0 saturated carbocycles. The number of aliphatic carboxylic acids is 1. The van der Waals surface area contributed by atoms with Crippen LogP contribution in [0.3, 0.4) is 0 Å². The van der Waals surface area contributed by atoms with Gasteiger partial charge in [0.05, 0.1) is 24.1 Å². The van der Waals surface area contributed by atoms with Crippen molar-refractivity contribution in [1.82, 2.24) is 9.88 Å². The van der Waals surface area contributed by atoms with Crippen LogP contribution in [0.15, 0.2) is 85.1 Å². The quantitative estimate of drug-likeness (QED) is 0.302. The van der Waals surface area contributed by atoms with Gasteiger partial charge in [0, 0.05) is 11.6 Å². The fraction of sp³-hybridized carbons (Fsp3) is 0.290. The van der Waals surface area contributed by atoms with E-state index in [1.54, 1.807) is 0 Å². The minimum absolute atomic E-state index is 0.0748. The number of pyridine rings is 1. The predicted molar refractivity (Wildman–Crippen MR) is 144 cm³/mol. The highest BCUT2D eigenvalue weighted by molar-refractivity contribution is 5.79. The van der Waals surface area contributed by atoms with Crippen LogP contribution in [0, 0.1) is 5.92 Å². The van der Waals surface area contributed by atoms with E-state index in [9.17, 15) is 9.90 Å². The van der Waals surface area contributed by atoms with E-state index in [1.807, 2.05) is 67.7 Å². The average Bonchev–Trinajstić information content (AvgIpc) is 2.94. The van der Waals surface area contributed by atoms with Crippen molar-refractivity contribution >= 4 is 16.9 Å². The van der Waals surface area contributed by atoms with Gasteiger partial charge in [0.1, 0.15) is 6.61 Å². The maximum Gasteiger partial charge on any atom is 0.306 e. The Morgan fingerprint density at radius 3 is 2.46 bits per heavy atom. The van der Waals surface area contributed by atoms with E-state index < -0.39 is 5.97 Å². The van der Waals surface area contributed by atoms with Gasteiger partial charge < -0.3 is 14.6 Å². The lowest BCUT2D eigenvalue weighted by atomic mass is 9.91. The topological polar surface area (TPSA) is 71.9 Å². The molecule has 190 valence electrons. The molecule has 0 spiro atoms. The van der Waals surface area contributed by atoms with Crippen molar-refractivity contribution < 1.29 is 19.4 Å². The number of likely N-dealkylation sites (tertiary alicyclic amines) is 1. The van der Waals surface area contributed by atoms with Gasteiger partial charge in [-0.25, -0.2) is 0 Å². The maximum absolute atomic E-state index is 11.6. The van der Waals surface area contributed by atoms with Crippen LogP contribution in [0.2, 0.25) is 0 Å². The third-order valence-corrected chi connectivity index (χ3v) is 6.99. The van der Waals surface area contributed by atoms with Crippen molar-refractivity contribution in [1.29, 1.82) is 0 Å². The fourth-order valence-corrected chi connectivity index (χ4v) is 5.07. The zero-order valence-corrected chi connectivity index (χ0v) is 21.0. The minimum Gasteiger partial charge on any atom is -0.490 e. The first-order valence-corrected chi connectivity index (χ1v) is 12.9. The molecule has 1 saturated heterocycles. The average molecular weight is 497 g/mol. The van der Waals surface area contributed by atoms with Gasteiger partial charge in [-0.1, -0.05) is 54.6 Å². The van der Waals surface area contributed by atoms with Gasteiger partial charge in [-0.3, -0.25) is 14.7 Å². The first-order valence-electron chi connectivity index (χ1n) is 12.9. The summed E-state index contributed by atoms with van der Waals surface area (Å²) in [7, 11) is 0. The molecule has 2 heterocycles. The summed E-state index contributed by atoms with van der Waals surface area (Å²) in [4.78, 5) is 18.7. The molecule has 1 atom stereocenters. The van der Waals surface area contributed by atoms with Crippen molar-refractivity contribution in [2.75, 3.05) is 19.7 Å². The van der Waals surface area contributed by atoms with Crippen molar-refractivity contribution in [3.8, 4) is 11.5 Å². The molecule has 1 N–H and O–H groups in total. The molecule has 0 radical (unpaired) electrons. The molecule has 1 aliphatic rings. The Hall–Kier alpha value is -3.90. The largest absolute Gasteiger partial charge is 0.490 e. The first-order chi connectivity index (χ1) is 18.1. The molecule has 1 unspecified atom stereocenters. The van der Waals surface area contributed by atoms with Crippen LogP contribution < -0.4 is 9.47 Å². The van der Waals surface area contributed by atoms with E-state index in [0.717, 1.165) is 27.6 Å². The second-order valence-corrected chi connectivity index (χ2v) is 9.43. The minimum atomic E-state index is -0.706. The van der Waals surface area contributed by atoms with E-state index in [2.05, 4.69) is 29.2 Å². The number of aromatic nitrogens is 1. The number of carbonyl (C=O) groups is 1. The lowest BCUT2D eigenvalue weighted by Gasteiger charge is -2.37. The number of para-hydroxylation sites is 1. The summed E-state index contributed by atoms with van der Waals surface area (Å²) >= 11 is 0. The van der Waals surface area contributed by atoms with E-state index >= 15 is 0 Å². The molecule has 6 nitrogen and oxygen atoms in total. The molecule has 1 fully saturated rings. The van der Waals surface area contributed by atoms with Crippen LogP contribution in [0.1, 0.15) is 42.5 Å². The maximum atomic E-state index is 11.6. The summed E-state index contributed by atoms with van der Waals surface area (Å²) in [5, 5.41) is 10.6. The molecule has 4 aromatic rings. The van der Waals surface area contributed by atoms with E-state index in [1.165, 1.54) is 0 Å². The van der Waals surface area contributed by atoms with Crippen LogP contribution in [-0.2, 0) is 11.4 Å². The summed E-state index contributed by atoms with van der Waals surface area (Å²) in [5.41, 5.74) is 4.19. The summed E-state index contributed by atoms with van der Waals surface area (Å²) < 4.78 is 12.2. The molecule has 0 bridgehead atoms. The Labute approximate surface area is 217 Å². The molecular formula is C31H32N2O4. The number of carboxylic acids is 1. The molecule has 1 aliphatic heterocycles. The Balaban J connectivity index is 1.49. The Kier molecular flexibility index (Phi) is 7.66. The number of piperidine rings is 1. The number of carboxylic acid groups (broad SMARTS) is 1. The summed E-state index contributed by atoms with van der Waals surface area (Å²) in [6, 6.07) is 26.4. The van der Waals surface area contributed by atoms with Gasteiger partial charge in [-0.05, 0) is 73.8 Å². The monoisotopic (exact) mass is 496 g/mol. The van der Waals surface area contributed by atoms with Crippen LogP contribution in [0.5, 0.6) is 11.5 Å². The molecule has 0 amide bonds. The van der Waals surface area contributed by atoms with E-state index in [0.29, 0.717) is 50.6 Å². The highest BCUT2D eigenvalue weighted by Gasteiger charge is 2.31. The lowest BCUT2D eigenvalue weighted by Crippen LogP contribution is -2.39. The number of nitrogens with zero attached hydrogens (tertiary/aromatic N) is 2. The summed E-state index contributed by atoms with van der Waals surface area (Å²) in [6.45, 7) is 4.35. The van der Waals surface area contributed by atoms with Gasteiger partial charge >= 0.3 is 5.97 Å². The smallest absolute Gasteiger partial charge is 0.306 e. The third kappa shape index (κ3) is 5.75. The number of ether oxygens (including phenoxy) is 2. The lowest BCUT2D eigenvalue weighted by molar-refractivity contribution is -0.143. The molecule has 5 rings (SSSR count). The van der Waals surface area contributed by atoms with Gasteiger partial charge in [0.25, 0.3) is 0 Å². The Bertz CT molecular complexity index is 1350. The second-order valence-electron chi connectivity index (χ2n) is 9.43. The third-order valence-electron chi connectivity index (χ3n) is 6.99. The van der Waals surface area contributed by atoms with Gasteiger partial charge in [0.2, 0.25) is 0 Å². The Morgan fingerprint density at radius 1 is 0.946 bits per heavy atom. The molecule has 6 heteroatoms. The number of rotatable bonds is 9. The van der Waals surface area contributed by atoms with Crippen molar-refractivity contribution in [3.05, 3.63) is 102 Å². The van der Waals surface area contributed by atoms with Crippen molar-refractivity contribution in [3.63, 3.8) is 0 Å². The predicted octanol–water partition coefficient (Wildman–Crippen LogP) is 6.10. The summed E-state index contributed by atoms with van der Waals surface area (Å²) in [6.07, 6.45) is 3.20. The molecule has 3 aromatic carbocycles. The number of hydrogen-bond donors (Lipinski definition) is 1. The number of fused-ring (bicyclic) bond motifs is 1. The molecule has 0 aliphatic carbocycles. The first kappa shape index (κ1) is 24.8. The van der Waals surface area contributed by atoms with Gasteiger partial charge in [0.15, 0.2) is 11.5 Å². The molecule has 37 heavy (non-hydrogen) atoms. The van der Waals surface area contributed by atoms with Crippen LogP contribution in [-0.4, -0.2) is 40.7 Å². The summed E-state index contributed by atoms with van der Waals surface area (Å²) in [5.74, 6) is 0.408. The van der Waals surface area contributed by atoms with Crippen LogP contribution in [0.4, 0.5) is 0 Å². The van der Waals surface area contributed by atoms with Crippen LogP contribution >= 0.6 is 0 Å². The van der Waals surface area contributed by atoms with Gasteiger partial charge in [-0.2, -0.15) is 0 Å². The van der Waals surface area contributed by atoms with Crippen LogP contribution in [0.25, 0.3) is 10.9 Å². The van der Waals surface area contributed by atoms with Crippen molar-refractivity contribution in [2.45, 2.75) is 32.4 Å². The number of benzene rings is 3. The molecule has 1 aromatic heterocycles. The van der Waals surface area contributed by atoms with Gasteiger partial charge in [-0.15, -0.1) is 0 Å². The zero-order valence-electron chi connectivity index (χ0n) is 21.0. The SMILES string of the molecule is CCOc1cc(C(c2cnc3ccccc3c2)N2CCC(C(=O)O)CC2)ccc1OCc1ccccc1. The van der Waals surface area contributed by atoms with E-state index in [-0.39, 0.29) is 12.0 Å². The number of hydrogen-bond acceptors (Lipinski definition) is 5. The van der Waals surface area contributed by atoms with E-state index in [4.69, 9.17) is 14.5 Å².